The highest BCUT2D eigenvalue weighted by Crippen LogP contribution is 2.16. The van der Waals surface area contributed by atoms with Crippen LogP contribution in [0.15, 0.2) is 0 Å². The van der Waals surface area contributed by atoms with Gasteiger partial charge in [0.2, 0.25) is 0 Å². The van der Waals surface area contributed by atoms with Gasteiger partial charge < -0.3 is 4.74 Å². The van der Waals surface area contributed by atoms with Crippen LogP contribution in [0.5, 0.6) is 0 Å². The predicted molar refractivity (Wildman–Crippen MR) is 59.2 cm³/mol. The van der Waals surface area contributed by atoms with E-state index in [-0.39, 0.29) is 0 Å². The summed E-state index contributed by atoms with van der Waals surface area (Å²) >= 11 is 0. The largest absolute Gasteiger partial charge is 0.468 e. The summed E-state index contributed by atoms with van der Waals surface area (Å²) in [5.74, 6) is 0.590. The Kier molecular flexibility index (Phi) is 10.2. The first-order valence-electron chi connectivity index (χ1n) is 5.90. The molecule has 0 amide bonds. The first kappa shape index (κ1) is 13.5. The van der Waals surface area contributed by atoms with Crippen LogP contribution in [0.3, 0.4) is 0 Å². The zero-order valence-electron chi connectivity index (χ0n) is 9.63. The van der Waals surface area contributed by atoms with E-state index in [1.165, 1.54) is 44.9 Å². The molecule has 0 heterocycles. The van der Waals surface area contributed by atoms with Crippen molar-refractivity contribution in [2.45, 2.75) is 58.8 Å². The summed E-state index contributed by atoms with van der Waals surface area (Å²) < 4.78 is 4.84. The van der Waals surface area contributed by atoms with Crippen molar-refractivity contribution < 1.29 is 9.53 Å². The molecule has 0 aliphatic heterocycles. The molecular weight excluding hydrogens is 176 g/mol. The number of ether oxygens (including phenoxy) is 1. The van der Waals surface area contributed by atoms with E-state index >= 15 is 0 Å². The average Bonchev–Trinajstić information content (AvgIpc) is 2.21. The van der Waals surface area contributed by atoms with E-state index < -0.39 is 0 Å². The molecule has 0 aromatic rings. The lowest BCUT2D eigenvalue weighted by molar-refractivity contribution is -0.130. The number of carbonyl (C=O) groups is 1. The minimum absolute atomic E-state index is 0.568. The Morgan fingerprint density at radius 2 is 1.71 bits per heavy atom. The maximum atomic E-state index is 10.1. The van der Waals surface area contributed by atoms with Crippen LogP contribution in [0.25, 0.3) is 0 Å². The minimum atomic E-state index is 0.568. The van der Waals surface area contributed by atoms with Gasteiger partial charge >= 0.3 is 0 Å². The van der Waals surface area contributed by atoms with Gasteiger partial charge in [-0.05, 0) is 18.8 Å². The summed E-state index contributed by atoms with van der Waals surface area (Å²) in [6.07, 6.45) is 8.71. The molecule has 0 fully saturated rings. The molecule has 0 rings (SSSR count). The lowest BCUT2D eigenvalue weighted by atomic mass is 9.96. The summed E-state index contributed by atoms with van der Waals surface area (Å²) in [6, 6.07) is 0. The van der Waals surface area contributed by atoms with E-state index in [4.69, 9.17) is 4.74 Å². The molecule has 0 N–H and O–H groups in total. The molecule has 2 heteroatoms. The normalized spacial score (nSPS) is 12.4. The van der Waals surface area contributed by atoms with Gasteiger partial charge in [-0.15, -0.1) is 0 Å². The third-order valence-corrected chi connectivity index (χ3v) is 2.58. The summed E-state index contributed by atoms with van der Waals surface area (Å²) in [6.45, 7) is 5.60. The van der Waals surface area contributed by atoms with Crippen LogP contribution in [0, 0.1) is 5.92 Å². The van der Waals surface area contributed by atoms with Crippen LogP contribution in [0.1, 0.15) is 58.8 Å². The Morgan fingerprint density at radius 1 is 1.07 bits per heavy atom. The van der Waals surface area contributed by atoms with E-state index in [1.807, 2.05) is 0 Å². The zero-order valence-corrected chi connectivity index (χ0v) is 9.63. The molecule has 1 atom stereocenters. The first-order valence-corrected chi connectivity index (χ1v) is 5.90. The predicted octanol–water partition coefficient (Wildman–Crippen LogP) is 3.55. The lowest BCUT2D eigenvalue weighted by Crippen LogP contribution is -2.09. The van der Waals surface area contributed by atoms with E-state index in [0.29, 0.717) is 19.0 Å². The van der Waals surface area contributed by atoms with Gasteiger partial charge in [0.25, 0.3) is 6.47 Å². The van der Waals surface area contributed by atoms with Crippen LogP contribution in [-0.2, 0) is 9.53 Å². The van der Waals surface area contributed by atoms with Gasteiger partial charge in [-0.25, -0.2) is 0 Å². The number of carbonyl (C=O) groups excluding carboxylic acids is 1. The first-order chi connectivity index (χ1) is 6.85. The third kappa shape index (κ3) is 8.09. The maximum Gasteiger partial charge on any atom is 0.293 e. The van der Waals surface area contributed by atoms with Crippen molar-refractivity contribution in [3.05, 3.63) is 0 Å². The smallest absolute Gasteiger partial charge is 0.293 e. The highest BCUT2D eigenvalue weighted by molar-refractivity contribution is 5.36. The Labute approximate surface area is 88.0 Å². The molecule has 84 valence electrons. The molecule has 2 nitrogen and oxygen atoms in total. The van der Waals surface area contributed by atoms with Gasteiger partial charge in [0.05, 0.1) is 6.61 Å². The van der Waals surface area contributed by atoms with Gasteiger partial charge in [0.15, 0.2) is 0 Å². The van der Waals surface area contributed by atoms with Gasteiger partial charge in [-0.2, -0.15) is 0 Å². The van der Waals surface area contributed by atoms with Gasteiger partial charge in [-0.1, -0.05) is 46.0 Å². The fourth-order valence-electron chi connectivity index (χ4n) is 1.66. The molecule has 0 spiro atoms. The van der Waals surface area contributed by atoms with Crippen molar-refractivity contribution in [3.8, 4) is 0 Å². The Morgan fingerprint density at radius 3 is 2.29 bits per heavy atom. The van der Waals surface area contributed by atoms with Crippen LogP contribution in [0.4, 0.5) is 0 Å². The number of hydrogen-bond donors (Lipinski definition) is 0. The fourth-order valence-corrected chi connectivity index (χ4v) is 1.66. The van der Waals surface area contributed by atoms with Crippen molar-refractivity contribution >= 4 is 6.47 Å². The number of unbranched alkanes of at least 4 members (excludes halogenated alkanes) is 3. The standard InChI is InChI=1S/C12H24O2/c1-3-5-7-9-12(8-6-4-2)10-14-11-13/h11-12H,3-10H2,1-2H3. The second-order valence-corrected chi connectivity index (χ2v) is 3.93. The van der Waals surface area contributed by atoms with E-state index in [0.717, 1.165) is 0 Å². The van der Waals surface area contributed by atoms with E-state index in [9.17, 15) is 4.79 Å². The van der Waals surface area contributed by atoms with Crippen molar-refractivity contribution in [1.82, 2.24) is 0 Å². The molecule has 0 bridgehead atoms. The molecular formula is C12H24O2. The van der Waals surface area contributed by atoms with Crippen molar-refractivity contribution in [2.24, 2.45) is 5.92 Å². The van der Waals surface area contributed by atoms with Crippen LogP contribution < -0.4 is 0 Å². The van der Waals surface area contributed by atoms with E-state index in [2.05, 4.69) is 13.8 Å². The van der Waals surface area contributed by atoms with Crippen molar-refractivity contribution in [3.63, 3.8) is 0 Å². The van der Waals surface area contributed by atoms with Crippen LogP contribution in [-0.4, -0.2) is 13.1 Å². The number of hydrogen-bond acceptors (Lipinski definition) is 2. The second kappa shape index (κ2) is 10.6. The molecule has 0 aliphatic carbocycles. The summed E-state index contributed by atoms with van der Waals surface area (Å²) in [5.41, 5.74) is 0. The Bertz CT molecular complexity index is 123. The third-order valence-electron chi connectivity index (χ3n) is 2.58. The Balaban J connectivity index is 3.54. The highest BCUT2D eigenvalue weighted by Gasteiger charge is 2.08. The average molecular weight is 200 g/mol. The topological polar surface area (TPSA) is 26.3 Å². The lowest BCUT2D eigenvalue weighted by Gasteiger charge is -2.14. The van der Waals surface area contributed by atoms with Crippen molar-refractivity contribution in [2.75, 3.05) is 6.61 Å². The Hall–Kier alpha value is -0.530. The fraction of sp³-hybridized carbons (Fsp3) is 0.917. The monoisotopic (exact) mass is 200 g/mol. The second-order valence-electron chi connectivity index (χ2n) is 3.93. The molecule has 1 unspecified atom stereocenters. The van der Waals surface area contributed by atoms with Gasteiger partial charge in [0, 0.05) is 0 Å². The van der Waals surface area contributed by atoms with Gasteiger partial charge in [-0.3, -0.25) is 4.79 Å². The van der Waals surface area contributed by atoms with Gasteiger partial charge in [0.1, 0.15) is 0 Å². The zero-order chi connectivity index (χ0) is 10.6. The van der Waals surface area contributed by atoms with Crippen LogP contribution >= 0.6 is 0 Å². The summed E-state index contributed by atoms with van der Waals surface area (Å²) in [4.78, 5) is 10.1. The summed E-state index contributed by atoms with van der Waals surface area (Å²) in [5, 5.41) is 0. The summed E-state index contributed by atoms with van der Waals surface area (Å²) in [7, 11) is 0. The highest BCUT2D eigenvalue weighted by atomic mass is 16.5. The van der Waals surface area contributed by atoms with E-state index in [1.54, 1.807) is 0 Å². The minimum Gasteiger partial charge on any atom is -0.468 e. The molecule has 0 aromatic heterocycles. The SMILES string of the molecule is CCCCCC(CCCC)COC=O. The van der Waals surface area contributed by atoms with Crippen molar-refractivity contribution in [1.29, 1.82) is 0 Å². The molecule has 0 saturated heterocycles. The molecule has 0 aliphatic rings. The molecule has 0 saturated carbocycles. The molecule has 0 radical (unpaired) electrons. The maximum absolute atomic E-state index is 10.1. The molecule has 14 heavy (non-hydrogen) atoms. The van der Waals surface area contributed by atoms with Crippen LogP contribution in [0.2, 0.25) is 0 Å². The quantitative estimate of drug-likeness (QED) is 0.398. The number of rotatable bonds is 10. The molecule has 0 aromatic carbocycles.